The molecule has 0 aromatic rings. The molecule has 0 aliphatic heterocycles. The highest BCUT2D eigenvalue weighted by Crippen LogP contribution is 2.26. The van der Waals surface area contributed by atoms with Gasteiger partial charge >= 0.3 is 8.56 Å². The molecule has 0 fully saturated rings. The number of hydrogen-bond acceptors (Lipinski definition) is 3. The van der Waals surface area contributed by atoms with E-state index in [-0.39, 0.29) is 5.54 Å². The first-order chi connectivity index (χ1) is 6.95. The van der Waals surface area contributed by atoms with Crippen molar-refractivity contribution in [1.82, 2.24) is 0 Å². The van der Waals surface area contributed by atoms with Gasteiger partial charge in [0.1, 0.15) is 0 Å². The molecule has 0 spiro atoms. The van der Waals surface area contributed by atoms with Crippen molar-refractivity contribution in [1.29, 1.82) is 0 Å². The van der Waals surface area contributed by atoms with Crippen molar-refractivity contribution in [3.63, 3.8) is 0 Å². The third kappa shape index (κ3) is 5.11. The highest BCUT2D eigenvalue weighted by atomic mass is 28.4. The van der Waals surface area contributed by atoms with Crippen LogP contribution in [0.15, 0.2) is 0 Å². The van der Waals surface area contributed by atoms with Crippen LogP contribution in [0.4, 0.5) is 0 Å². The lowest BCUT2D eigenvalue weighted by Gasteiger charge is -2.35. The fraction of sp³-hybridized carbons (Fsp3) is 1.00. The zero-order valence-corrected chi connectivity index (χ0v) is 11.9. The lowest BCUT2D eigenvalue weighted by Crippen LogP contribution is -2.51. The molecular weight excluding hydrogens is 206 g/mol. The van der Waals surface area contributed by atoms with Crippen molar-refractivity contribution in [3.05, 3.63) is 0 Å². The second-order valence-corrected chi connectivity index (χ2v) is 7.44. The quantitative estimate of drug-likeness (QED) is 0.656. The molecule has 0 amide bonds. The zero-order valence-electron chi connectivity index (χ0n) is 10.9. The Bertz CT molecular complexity index is 166. The Morgan fingerprint density at radius 1 is 1.00 bits per heavy atom. The van der Waals surface area contributed by atoms with Crippen molar-refractivity contribution in [2.45, 2.75) is 58.7 Å². The molecule has 15 heavy (non-hydrogen) atoms. The molecular formula is C11H27NO2Si. The van der Waals surface area contributed by atoms with Gasteiger partial charge in [-0.05, 0) is 33.2 Å². The molecule has 0 aliphatic rings. The van der Waals surface area contributed by atoms with Crippen molar-refractivity contribution >= 4 is 8.56 Å². The van der Waals surface area contributed by atoms with Gasteiger partial charge in [-0.1, -0.05) is 13.8 Å². The molecule has 4 heteroatoms. The number of rotatable bonds is 8. The molecule has 0 aromatic carbocycles. The Balaban J connectivity index is 4.50. The molecule has 0 saturated heterocycles. The maximum absolute atomic E-state index is 6.32. The van der Waals surface area contributed by atoms with E-state index in [0.29, 0.717) is 13.2 Å². The summed E-state index contributed by atoms with van der Waals surface area (Å²) in [6.07, 6.45) is 1.96. The topological polar surface area (TPSA) is 44.5 Å². The standard InChI is InChI=1S/C11H27NO2Si/c1-6-11(12,7-2)10-15(5,13-8-3)14-9-4/h6-10,12H2,1-5H3. The van der Waals surface area contributed by atoms with Gasteiger partial charge in [0.05, 0.1) is 0 Å². The molecule has 0 bridgehead atoms. The molecule has 0 rings (SSSR count). The van der Waals surface area contributed by atoms with Gasteiger partial charge in [-0.25, -0.2) is 0 Å². The second-order valence-electron chi connectivity index (χ2n) is 4.25. The van der Waals surface area contributed by atoms with Crippen LogP contribution >= 0.6 is 0 Å². The van der Waals surface area contributed by atoms with Crippen LogP contribution in [0.3, 0.4) is 0 Å². The van der Waals surface area contributed by atoms with Gasteiger partial charge in [0.15, 0.2) is 0 Å². The van der Waals surface area contributed by atoms with E-state index in [4.69, 9.17) is 14.6 Å². The normalized spacial score (nSPS) is 13.2. The minimum absolute atomic E-state index is 0.120. The summed E-state index contributed by atoms with van der Waals surface area (Å²) in [5.41, 5.74) is 6.20. The molecule has 0 heterocycles. The maximum Gasteiger partial charge on any atom is 0.336 e. The van der Waals surface area contributed by atoms with Crippen LogP contribution in [0.1, 0.15) is 40.5 Å². The lowest BCUT2D eigenvalue weighted by molar-refractivity contribution is 0.179. The Labute approximate surface area is 95.6 Å². The summed E-state index contributed by atoms with van der Waals surface area (Å²) in [6.45, 7) is 11.8. The van der Waals surface area contributed by atoms with Crippen molar-refractivity contribution in [2.75, 3.05) is 13.2 Å². The van der Waals surface area contributed by atoms with Crippen molar-refractivity contribution < 1.29 is 8.85 Å². The summed E-state index contributed by atoms with van der Waals surface area (Å²) < 4.78 is 11.6. The fourth-order valence-electron chi connectivity index (χ4n) is 1.89. The Hall–Kier alpha value is 0.0969. The fourth-order valence-corrected chi connectivity index (χ4v) is 5.18. The van der Waals surface area contributed by atoms with Gasteiger partial charge in [-0.2, -0.15) is 0 Å². The highest BCUT2D eigenvalue weighted by molar-refractivity contribution is 6.66. The molecule has 0 aromatic heterocycles. The predicted octanol–water partition coefficient (Wildman–Crippen LogP) is 2.65. The van der Waals surface area contributed by atoms with Crippen LogP contribution in [0.5, 0.6) is 0 Å². The van der Waals surface area contributed by atoms with Gasteiger partial charge in [0, 0.05) is 24.8 Å². The van der Waals surface area contributed by atoms with E-state index in [0.717, 1.165) is 18.9 Å². The molecule has 0 saturated carbocycles. The van der Waals surface area contributed by atoms with Gasteiger partial charge in [0.2, 0.25) is 0 Å². The summed E-state index contributed by atoms with van der Waals surface area (Å²) in [5.74, 6) is 0. The first-order valence-electron chi connectivity index (χ1n) is 6.02. The molecule has 0 aliphatic carbocycles. The van der Waals surface area contributed by atoms with Crippen LogP contribution in [0.2, 0.25) is 12.6 Å². The smallest absolute Gasteiger partial charge is 0.336 e. The summed E-state index contributed by atoms with van der Waals surface area (Å²) in [7, 11) is -2.05. The lowest BCUT2D eigenvalue weighted by atomic mass is 9.97. The summed E-state index contributed by atoms with van der Waals surface area (Å²) in [6, 6.07) is 0.884. The van der Waals surface area contributed by atoms with Crippen LogP contribution < -0.4 is 5.73 Å². The summed E-state index contributed by atoms with van der Waals surface area (Å²) in [5, 5.41) is 0. The van der Waals surface area contributed by atoms with E-state index in [2.05, 4.69) is 20.4 Å². The number of hydrogen-bond donors (Lipinski definition) is 1. The molecule has 3 nitrogen and oxygen atoms in total. The Morgan fingerprint density at radius 3 is 1.67 bits per heavy atom. The van der Waals surface area contributed by atoms with E-state index in [1.165, 1.54) is 0 Å². The minimum Gasteiger partial charge on any atom is -0.395 e. The maximum atomic E-state index is 6.32. The number of nitrogens with two attached hydrogens (primary N) is 1. The van der Waals surface area contributed by atoms with E-state index in [1.807, 2.05) is 13.8 Å². The monoisotopic (exact) mass is 233 g/mol. The van der Waals surface area contributed by atoms with E-state index in [1.54, 1.807) is 0 Å². The van der Waals surface area contributed by atoms with Crippen LogP contribution in [0.25, 0.3) is 0 Å². The van der Waals surface area contributed by atoms with Gasteiger partial charge < -0.3 is 14.6 Å². The summed E-state index contributed by atoms with van der Waals surface area (Å²) >= 11 is 0. The van der Waals surface area contributed by atoms with Gasteiger partial charge in [-0.3, -0.25) is 0 Å². The van der Waals surface area contributed by atoms with Crippen molar-refractivity contribution in [2.24, 2.45) is 5.73 Å². The van der Waals surface area contributed by atoms with E-state index in [9.17, 15) is 0 Å². The molecule has 92 valence electrons. The first-order valence-corrected chi connectivity index (χ1v) is 8.54. The second kappa shape index (κ2) is 6.63. The van der Waals surface area contributed by atoms with Crippen LogP contribution in [-0.4, -0.2) is 27.3 Å². The van der Waals surface area contributed by atoms with E-state index >= 15 is 0 Å². The largest absolute Gasteiger partial charge is 0.395 e. The predicted molar refractivity (Wildman–Crippen MR) is 67.2 cm³/mol. The third-order valence-electron chi connectivity index (χ3n) is 2.98. The first kappa shape index (κ1) is 15.1. The van der Waals surface area contributed by atoms with Gasteiger partial charge in [-0.15, -0.1) is 0 Å². The molecule has 0 unspecified atom stereocenters. The molecule has 0 atom stereocenters. The van der Waals surface area contributed by atoms with Crippen LogP contribution in [0, 0.1) is 0 Å². The SMILES string of the molecule is CCO[Si](C)(CC(N)(CC)CC)OCC. The third-order valence-corrected chi connectivity index (χ3v) is 6.13. The molecule has 2 N–H and O–H groups in total. The average Bonchev–Trinajstić information content (AvgIpc) is 2.18. The van der Waals surface area contributed by atoms with Gasteiger partial charge in [0.25, 0.3) is 0 Å². The van der Waals surface area contributed by atoms with Crippen LogP contribution in [-0.2, 0) is 8.85 Å². The zero-order chi connectivity index (χ0) is 11.9. The minimum atomic E-state index is -2.05. The highest BCUT2D eigenvalue weighted by Gasteiger charge is 2.38. The van der Waals surface area contributed by atoms with E-state index < -0.39 is 8.56 Å². The summed E-state index contributed by atoms with van der Waals surface area (Å²) in [4.78, 5) is 0. The average molecular weight is 233 g/mol. The Morgan fingerprint density at radius 2 is 1.40 bits per heavy atom. The Kier molecular flexibility index (Phi) is 6.67. The molecule has 0 radical (unpaired) electrons. The van der Waals surface area contributed by atoms with Crippen molar-refractivity contribution in [3.8, 4) is 0 Å².